The van der Waals surface area contributed by atoms with Crippen molar-refractivity contribution < 1.29 is 9.47 Å². The average Bonchev–Trinajstić information content (AvgIpc) is 3.34. The van der Waals surface area contributed by atoms with Gasteiger partial charge in [-0.05, 0) is 61.3 Å². The standard InChI is InChI=1S/C24H26N4O2S2/c1-24(2,17-25)18-8-10-20(11-9-18)30-23(31)28(4)21-6-5-7-22(26-21)29-14-13-27(3)19-12-15-32-16-19/h5-12,15-16H,13-14H2,1-4H3. The summed E-state index contributed by atoms with van der Waals surface area (Å²) in [6, 6.07) is 17.3. The van der Waals surface area contributed by atoms with E-state index in [1.54, 1.807) is 23.3 Å². The van der Waals surface area contributed by atoms with Crippen LogP contribution in [0.5, 0.6) is 11.6 Å². The first-order valence-corrected chi connectivity index (χ1v) is 11.5. The first-order chi connectivity index (χ1) is 15.3. The van der Waals surface area contributed by atoms with E-state index in [-0.39, 0.29) is 5.17 Å². The van der Waals surface area contributed by atoms with Gasteiger partial charge in [-0.25, -0.2) is 0 Å². The third-order valence-corrected chi connectivity index (χ3v) is 6.04. The fourth-order valence-corrected chi connectivity index (χ4v) is 3.71. The molecule has 0 fully saturated rings. The van der Waals surface area contributed by atoms with Crippen LogP contribution in [0.1, 0.15) is 19.4 Å². The van der Waals surface area contributed by atoms with Gasteiger partial charge in [0.1, 0.15) is 18.2 Å². The van der Waals surface area contributed by atoms with Crippen molar-refractivity contribution in [3.8, 4) is 17.7 Å². The lowest BCUT2D eigenvalue weighted by molar-refractivity contribution is 0.314. The lowest BCUT2D eigenvalue weighted by Gasteiger charge is -2.21. The molecule has 0 N–H and O–H groups in total. The molecule has 0 aliphatic carbocycles. The zero-order chi connectivity index (χ0) is 23.1. The second-order valence-corrected chi connectivity index (χ2v) is 8.90. The maximum Gasteiger partial charge on any atom is 0.270 e. The first-order valence-electron chi connectivity index (χ1n) is 10.1. The van der Waals surface area contributed by atoms with E-state index >= 15 is 0 Å². The van der Waals surface area contributed by atoms with Crippen LogP contribution in [0.25, 0.3) is 0 Å². The third-order valence-electron chi connectivity index (χ3n) is 5.01. The van der Waals surface area contributed by atoms with E-state index in [2.05, 4.69) is 32.8 Å². The molecule has 3 aromatic rings. The van der Waals surface area contributed by atoms with Crippen molar-refractivity contribution in [2.75, 3.05) is 37.0 Å². The molecule has 0 radical (unpaired) electrons. The number of benzene rings is 1. The number of likely N-dealkylation sites (N-methyl/N-ethyl adjacent to an activating group) is 1. The summed E-state index contributed by atoms with van der Waals surface area (Å²) in [6.07, 6.45) is 0. The van der Waals surface area contributed by atoms with E-state index in [1.807, 2.05) is 63.4 Å². The van der Waals surface area contributed by atoms with Crippen LogP contribution in [-0.2, 0) is 5.41 Å². The molecular weight excluding hydrogens is 440 g/mol. The number of hydrogen-bond acceptors (Lipinski definition) is 7. The lowest BCUT2D eigenvalue weighted by Crippen LogP contribution is -2.30. The highest BCUT2D eigenvalue weighted by Crippen LogP contribution is 2.25. The number of nitrogens with zero attached hydrogens (tertiary/aromatic N) is 4. The van der Waals surface area contributed by atoms with Gasteiger partial charge in [-0.15, -0.1) is 0 Å². The molecule has 0 atom stereocenters. The van der Waals surface area contributed by atoms with Gasteiger partial charge in [0, 0.05) is 31.2 Å². The van der Waals surface area contributed by atoms with E-state index in [0.29, 0.717) is 24.1 Å². The number of thiocarbonyl (C=S) groups is 1. The molecule has 166 valence electrons. The zero-order valence-electron chi connectivity index (χ0n) is 18.6. The van der Waals surface area contributed by atoms with Crippen LogP contribution in [-0.4, -0.2) is 37.4 Å². The van der Waals surface area contributed by atoms with Crippen molar-refractivity contribution in [1.29, 1.82) is 5.26 Å². The molecule has 0 spiro atoms. The summed E-state index contributed by atoms with van der Waals surface area (Å²) in [6.45, 7) is 5.02. The Morgan fingerprint density at radius 1 is 1.16 bits per heavy atom. The topological polar surface area (TPSA) is 61.6 Å². The maximum atomic E-state index is 9.28. The SMILES string of the molecule is CN(CCOc1cccc(N(C)C(=S)Oc2ccc(C(C)(C)C#N)cc2)n1)c1ccsc1. The number of aromatic nitrogens is 1. The number of thiophene rings is 1. The Morgan fingerprint density at radius 3 is 2.56 bits per heavy atom. The smallest absolute Gasteiger partial charge is 0.270 e. The van der Waals surface area contributed by atoms with Gasteiger partial charge in [-0.2, -0.15) is 21.6 Å². The highest BCUT2D eigenvalue weighted by atomic mass is 32.1. The molecule has 2 heterocycles. The van der Waals surface area contributed by atoms with Crippen LogP contribution in [0.2, 0.25) is 0 Å². The van der Waals surface area contributed by atoms with Crippen molar-refractivity contribution in [2.24, 2.45) is 0 Å². The number of rotatable bonds is 8. The molecule has 32 heavy (non-hydrogen) atoms. The van der Waals surface area contributed by atoms with Crippen LogP contribution >= 0.6 is 23.6 Å². The summed E-state index contributed by atoms with van der Waals surface area (Å²) in [5.41, 5.74) is 1.54. The van der Waals surface area contributed by atoms with Gasteiger partial charge in [0.15, 0.2) is 0 Å². The zero-order valence-corrected chi connectivity index (χ0v) is 20.2. The van der Waals surface area contributed by atoms with Crippen LogP contribution in [0, 0.1) is 11.3 Å². The van der Waals surface area contributed by atoms with E-state index < -0.39 is 5.41 Å². The maximum absolute atomic E-state index is 9.28. The predicted molar refractivity (Wildman–Crippen MR) is 134 cm³/mol. The lowest BCUT2D eigenvalue weighted by atomic mass is 9.86. The number of hydrogen-bond donors (Lipinski definition) is 0. The van der Waals surface area contributed by atoms with E-state index in [4.69, 9.17) is 21.7 Å². The summed E-state index contributed by atoms with van der Waals surface area (Å²) < 4.78 is 11.6. The van der Waals surface area contributed by atoms with Crippen molar-refractivity contribution in [3.63, 3.8) is 0 Å². The summed E-state index contributed by atoms with van der Waals surface area (Å²) >= 11 is 7.12. The fraction of sp³-hybridized carbons (Fsp3) is 0.292. The Kier molecular flexibility index (Phi) is 7.67. The number of pyridine rings is 1. The van der Waals surface area contributed by atoms with Gasteiger partial charge < -0.3 is 14.4 Å². The average molecular weight is 467 g/mol. The number of anilines is 2. The Bertz CT molecular complexity index is 1080. The van der Waals surface area contributed by atoms with Crippen LogP contribution < -0.4 is 19.3 Å². The molecule has 0 bridgehead atoms. The minimum Gasteiger partial charge on any atom is -0.476 e. The Hall–Kier alpha value is -3.15. The van der Waals surface area contributed by atoms with Gasteiger partial charge in [0.05, 0.1) is 18.0 Å². The number of nitriles is 1. The highest BCUT2D eigenvalue weighted by Gasteiger charge is 2.19. The Morgan fingerprint density at radius 2 is 1.91 bits per heavy atom. The molecule has 0 saturated heterocycles. The van der Waals surface area contributed by atoms with Crippen molar-refractivity contribution in [1.82, 2.24) is 4.98 Å². The molecule has 3 rings (SSSR count). The second-order valence-electron chi connectivity index (χ2n) is 7.77. The first kappa shape index (κ1) is 23.5. The highest BCUT2D eigenvalue weighted by molar-refractivity contribution is 7.80. The Labute approximate surface area is 198 Å². The van der Waals surface area contributed by atoms with Crippen molar-refractivity contribution >= 4 is 40.2 Å². The van der Waals surface area contributed by atoms with Gasteiger partial charge in [0.25, 0.3) is 5.17 Å². The molecule has 0 aliphatic rings. The van der Waals surface area contributed by atoms with Crippen LogP contribution in [0.4, 0.5) is 11.5 Å². The minimum atomic E-state index is -0.557. The van der Waals surface area contributed by atoms with Gasteiger partial charge in [-0.1, -0.05) is 18.2 Å². The molecule has 6 nitrogen and oxygen atoms in total. The largest absolute Gasteiger partial charge is 0.476 e. The summed E-state index contributed by atoms with van der Waals surface area (Å²) in [5, 5.41) is 13.7. The predicted octanol–water partition coefficient (Wildman–Crippen LogP) is 5.26. The van der Waals surface area contributed by atoms with Crippen molar-refractivity contribution in [2.45, 2.75) is 19.3 Å². The summed E-state index contributed by atoms with van der Waals surface area (Å²) in [5.74, 6) is 1.75. The normalized spacial score (nSPS) is 10.8. The fourth-order valence-electron chi connectivity index (χ4n) is 2.83. The minimum absolute atomic E-state index is 0.263. The summed E-state index contributed by atoms with van der Waals surface area (Å²) in [4.78, 5) is 8.36. The monoisotopic (exact) mass is 466 g/mol. The molecule has 0 unspecified atom stereocenters. The second kappa shape index (κ2) is 10.4. The van der Waals surface area contributed by atoms with Gasteiger partial charge >= 0.3 is 0 Å². The molecule has 2 aromatic heterocycles. The van der Waals surface area contributed by atoms with Gasteiger partial charge in [-0.3, -0.25) is 4.90 Å². The molecule has 8 heteroatoms. The van der Waals surface area contributed by atoms with E-state index in [9.17, 15) is 5.26 Å². The molecule has 1 aromatic carbocycles. The van der Waals surface area contributed by atoms with Gasteiger partial charge in [0.2, 0.25) is 5.88 Å². The third kappa shape index (κ3) is 5.96. The molecule has 0 amide bonds. The van der Waals surface area contributed by atoms with Crippen molar-refractivity contribution in [3.05, 3.63) is 64.9 Å². The van der Waals surface area contributed by atoms with Crippen LogP contribution in [0.3, 0.4) is 0 Å². The quantitative estimate of drug-likeness (QED) is 0.420. The Balaban J connectivity index is 1.57. The molecule has 0 saturated carbocycles. The summed E-state index contributed by atoms with van der Waals surface area (Å²) in [7, 11) is 3.83. The number of ether oxygens (including phenoxy) is 2. The van der Waals surface area contributed by atoms with E-state index in [0.717, 1.165) is 12.1 Å². The molecular formula is C24H26N4O2S2. The van der Waals surface area contributed by atoms with Crippen LogP contribution in [0.15, 0.2) is 59.3 Å². The van der Waals surface area contributed by atoms with E-state index in [1.165, 1.54) is 5.69 Å². The molecule has 0 aliphatic heterocycles.